The van der Waals surface area contributed by atoms with E-state index in [0.717, 1.165) is 18.2 Å². The first-order valence-corrected chi connectivity index (χ1v) is 9.42. The summed E-state index contributed by atoms with van der Waals surface area (Å²) in [6.45, 7) is 0. The van der Waals surface area contributed by atoms with Crippen molar-refractivity contribution in [1.29, 1.82) is 0 Å². The van der Waals surface area contributed by atoms with Crippen molar-refractivity contribution in [3.63, 3.8) is 0 Å². The van der Waals surface area contributed by atoms with Gasteiger partial charge in [0.05, 0.1) is 11.3 Å². The van der Waals surface area contributed by atoms with Crippen LogP contribution >= 0.6 is 11.6 Å². The van der Waals surface area contributed by atoms with Crippen LogP contribution in [0.3, 0.4) is 0 Å². The van der Waals surface area contributed by atoms with Crippen molar-refractivity contribution in [3.05, 3.63) is 88.3 Å². The van der Waals surface area contributed by atoms with E-state index >= 15 is 0 Å². The zero-order valence-corrected chi connectivity index (χ0v) is 16.5. The van der Waals surface area contributed by atoms with E-state index in [1.165, 1.54) is 36.5 Å². The van der Waals surface area contributed by atoms with Gasteiger partial charge < -0.3 is 10.2 Å². The largest absolute Gasteiger partial charge is 0.478 e. The highest BCUT2D eigenvalue weighted by Gasteiger charge is 2.44. The van der Waals surface area contributed by atoms with Crippen molar-refractivity contribution in [2.45, 2.75) is 24.6 Å². The molecule has 162 valence electrons. The fourth-order valence-corrected chi connectivity index (χ4v) is 3.55. The second kappa shape index (κ2) is 9.03. The number of pyridine rings is 1. The molecule has 0 saturated heterocycles. The number of rotatable bonds is 6. The molecule has 0 aliphatic rings. The van der Waals surface area contributed by atoms with Gasteiger partial charge in [0.2, 0.25) is 0 Å². The predicted octanol–water partition coefficient (Wildman–Crippen LogP) is 5.49. The summed E-state index contributed by atoms with van der Waals surface area (Å²) >= 11 is 5.97. The Hall–Kier alpha value is -2.97. The molecule has 0 spiro atoms. The van der Waals surface area contributed by atoms with Crippen molar-refractivity contribution in [2.24, 2.45) is 0 Å². The van der Waals surface area contributed by atoms with Crippen molar-refractivity contribution in [3.8, 4) is 11.3 Å². The molecule has 2 aromatic carbocycles. The van der Waals surface area contributed by atoms with E-state index in [2.05, 4.69) is 4.98 Å². The van der Waals surface area contributed by atoms with Crippen LogP contribution < -0.4 is 0 Å². The number of alkyl halides is 3. The lowest BCUT2D eigenvalue weighted by Crippen LogP contribution is -2.35. The average molecular weight is 454 g/mol. The smallest absolute Gasteiger partial charge is 0.414 e. The van der Waals surface area contributed by atoms with Crippen LogP contribution in [0, 0.1) is 5.82 Å². The van der Waals surface area contributed by atoms with Crippen molar-refractivity contribution in [1.82, 2.24) is 4.98 Å². The molecule has 0 amide bonds. The van der Waals surface area contributed by atoms with E-state index in [1.54, 1.807) is 6.07 Å². The van der Waals surface area contributed by atoms with Crippen LogP contribution in [0.15, 0.2) is 60.8 Å². The highest BCUT2D eigenvalue weighted by Crippen LogP contribution is 2.37. The number of aliphatic hydroxyl groups is 1. The molecule has 4 nitrogen and oxygen atoms in total. The molecule has 1 aromatic heterocycles. The summed E-state index contributed by atoms with van der Waals surface area (Å²) in [6, 6.07) is 11.9. The lowest BCUT2D eigenvalue weighted by atomic mass is 9.86. The first-order chi connectivity index (χ1) is 14.6. The Morgan fingerprint density at radius 2 is 1.84 bits per heavy atom. The van der Waals surface area contributed by atoms with Gasteiger partial charge in [-0.05, 0) is 53.9 Å². The van der Waals surface area contributed by atoms with Gasteiger partial charge in [-0.25, -0.2) is 9.18 Å². The molecule has 0 aliphatic heterocycles. The molecule has 3 aromatic rings. The number of nitrogens with zero attached hydrogens (tertiary/aromatic N) is 1. The van der Waals surface area contributed by atoms with Crippen LogP contribution in [0.2, 0.25) is 5.02 Å². The topological polar surface area (TPSA) is 70.4 Å². The maximum Gasteiger partial charge on any atom is 0.414 e. The van der Waals surface area contributed by atoms with Crippen LogP contribution in [0.25, 0.3) is 11.3 Å². The van der Waals surface area contributed by atoms with E-state index in [0.29, 0.717) is 16.8 Å². The molecule has 3 rings (SSSR count). The Kier molecular flexibility index (Phi) is 6.62. The van der Waals surface area contributed by atoms with Crippen LogP contribution in [-0.4, -0.2) is 33.4 Å². The third kappa shape index (κ3) is 5.39. The minimum Gasteiger partial charge on any atom is -0.478 e. The predicted molar refractivity (Wildman–Crippen MR) is 107 cm³/mol. The van der Waals surface area contributed by atoms with Crippen molar-refractivity contribution < 1.29 is 32.6 Å². The first kappa shape index (κ1) is 22.7. The second-order valence-corrected chi connectivity index (χ2v) is 7.31. The van der Waals surface area contributed by atoms with Crippen LogP contribution in [0.5, 0.6) is 0 Å². The van der Waals surface area contributed by atoms with Crippen LogP contribution in [0.1, 0.15) is 27.4 Å². The van der Waals surface area contributed by atoms with E-state index < -0.39 is 30.0 Å². The van der Waals surface area contributed by atoms with Gasteiger partial charge >= 0.3 is 12.1 Å². The van der Waals surface area contributed by atoms with E-state index in [4.69, 9.17) is 16.7 Å². The Bertz CT molecular complexity index is 1100. The van der Waals surface area contributed by atoms with Gasteiger partial charge in [-0.3, -0.25) is 4.98 Å². The lowest BCUT2D eigenvalue weighted by molar-refractivity contribution is -0.210. The number of hydrogen-bond donors (Lipinski definition) is 2. The zero-order chi connectivity index (χ0) is 22.8. The minimum absolute atomic E-state index is 0.0353. The normalized spacial score (nSPS) is 13.6. The SMILES string of the molecule is O=C(O)c1cccc(-c2cc(CC(c3ccc(F)cc3Cl)C(O)C(F)(F)F)ccn2)c1. The molecule has 9 heteroatoms. The monoisotopic (exact) mass is 453 g/mol. The summed E-state index contributed by atoms with van der Waals surface area (Å²) in [5, 5.41) is 18.9. The number of aromatic nitrogens is 1. The number of aromatic carboxylic acids is 1. The van der Waals surface area contributed by atoms with E-state index in [9.17, 15) is 27.5 Å². The van der Waals surface area contributed by atoms with Gasteiger partial charge in [0.25, 0.3) is 0 Å². The van der Waals surface area contributed by atoms with Crippen LogP contribution in [-0.2, 0) is 6.42 Å². The highest BCUT2D eigenvalue weighted by molar-refractivity contribution is 6.31. The van der Waals surface area contributed by atoms with Gasteiger partial charge in [-0.15, -0.1) is 0 Å². The fourth-order valence-electron chi connectivity index (χ4n) is 3.25. The fraction of sp³-hybridized carbons (Fsp3) is 0.182. The highest BCUT2D eigenvalue weighted by atomic mass is 35.5. The van der Waals surface area contributed by atoms with Gasteiger partial charge in [0.1, 0.15) is 5.82 Å². The molecule has 0 aliphatic carbocycles. The van der Waals surface area contributed by atoms with Gasteiger partial charge in [0.15, 0.2) is 6.10 Å². The quantitative estimate of drug-likeness (QED) is 0.484. The molecule has 1 heterocycles. The van der Waals surface area contributed by atoms with Crippen LogP contribution in [0.4, 0.5) is 17.6 Å². The Labute approximate surface area is 179 Å². The molecule has 2 N–H and O–H groups in total. The summed E-state index contributed by atoms with van der Waals surface area (Å²) in [4.78, 5) is 15.3. The third-order valence-electron chi connectivity index (χ3n) is 4.76. The summed E-state index contributed by atoms with van der Waals surface area (Å²) in [5.74, 6) is -3.33. The maximum absolute atomic E-state index is 13.4. The molecule has 0 bridgehead atoms. The van der Waals surface area contributed by atoms with Gasteiger partial charge in [0, 0.05) is 22.7 Å². The summed E-state index contributed by atoms with van der Waals surface area (Å²) in [6.07, 6.45) is -6.54. The second-order valence-electron chi connectivity index (χ2n) is 6.90. The summed E-state index contributed by atoms with van der Waals surface area (Å²) in [5.41, 5.74) is 1.22. The Balaban J connectivity index is 1.99. The van der Waals surface area contributed by atoms with Gasteiger partial charge in [-0.1, -0.05) is 29.8 Å². The lowest BCUT2D eigenvalue weighted by Gasteiger charge is -2.26. The number of carboxylic acids is 1. The molecule has 0 radical (unpaired) electrons. The van der Waals surface area contributed by atoms with E-state index in [1.807, 2.05) is 0 Å². The minimum atomic E-state index is -4.92. The maximum atomic E-state index is 13.4. The Morgan fingerprint density at radius 3 is 2.48 bits per heavy atom. The van der Waals surface area contributed by atoms with Gasteiger partial charge in [-0.2, -0.15) is 13.2 Å². The molecule has 0 saturated carbocycles. The first-order valence-electron chi connectivity index (χ1n) is 9.04. The van der Waals surface area contributed by atoms with E-state index in [-0.39, 0.29) is 22.6 Å². The number of benzene rings is 2. The molecule has 31 heavy (non-hydrogen) atoms. The molecular formula is C22H16ClF4NO3. The number of aliphatic hydroxyl groups excluding tert-OH is 1. The molecular weight excluding hydrogens is 438 g/mol. The number of carbonyl (C=O) groups is 1. The average Bonchev–Trinajstić information content (AvgIpc) is 2.71. The van der Waals surface area contributed by atoms with Crippen molar-refractivity contribution >= 4 is 17.6 Å². The Morgan fingerprint density at radius 1 is 1.10 bits per heavy atom. The summed E-state index contributed by atoms with van der Waals surface area (Å²) < 4.78 is 53.4. The number of hydrogen-bond acceptors (Lipinski definition) is 3. The standard InChI is InChI=1S/C22H16ClF4NO3/c23-18-11-15(24)4-5-16(18)17(20(29)22(25,26)27)8-12-6-7-28-19(9-12)13-2-1-3-14(10-13)21(30)31/h1-7,9-11,17,20,29H,8H2,(H,30,31). The molecule has 2 unspecified atom stereocenters. The zero-order valence-electron chi connectivity index (χ0n) is 15.8. The summed E-state index contributed by atoms with van der Waals surface area (Å²) in [7, 11) is 0. The van der Waals surface area contributed by atoms with Crippen molar-refractivity contribution in [2.75, 3.05) is 0 Å². The number of carboxylic acid groups (broad SMARTS) is 1. The third-order valence-corrected chi connectivity index (χ3v) is 5.09. The number of halogens is 5. The molecule has 2 atom stereocenters. The molecule has 0 fully saturated rings.